The number of piperazine rings is 1. The maximum atomic E-state index is 12.6. The van der Waals surface area contributed by atoms with Crippen molar-refractivity contribution in [3.8, 4) is 11.8 Å². The number of hydrogen-bond donors (Lipinski definition) is 2. The lowest BCUT2D eigenvalue weighted by Crippen LogP contribution is -2.46. The standard InChI is InChI=1S/C24H29N5O2S/c25-22(30)20-16-7-8-17(15-16)21(20)24(31)26-9-3-4-10-28-11-13-29(14-12-28)23-18-5-1-2-6-19(18)32-27-23/h1-2,5-6,16-17,20-21H,7-15H2,(H2,25,30)(H,26,31). The fourth-order valence-electron chi connectivity index (χ4n) is 5.78. The van der Waals surface area contributed by atoms with Crippen LogP contribution in [-0.2, 0) is 9.59 Å². The first-order chi connectivity index (χ1) is 15.6. The second-order valence-corrected chi connectivity index (χ2v) is 9.93. The Morgan fingerprint density at radius 1 is 1.09 bits per heavy atom. The van der Waals surface area contributed by atoms with E-state index in [9.17, 15) is 9.59 Å². The average Bonchev–Trinajstić information content (AvgIpc) is 3.53. The zero-order valence-electron chi connectivity index (χ0n) is 18.1. The van der Waals surface area contributed by atoms with E-state index in [0.29, 0.717) is 24.9 Å². The molecule has 4 atom stereocenters. The van der Waals surface area contributed by atoms with Gasteiger partial charge in [-0.15, -0.1) is 0 Å². The molecule has 0 spiro atoms. The summed E-state index contributed by atoms with van der Waals surface area (Å²) >= 11 is 1.56. The molecular weight excluding hydrogens is 422 g/mol. The molecule has 168 valence electrons. The van der Waals surface area contributed by atoms with Crippen molar-refractivity contribution >= 4 is 39.3 Å². The number of anilines is 1. The third-order valence-corrected chi connectivity index (χ3v) is 8.17. The number of carbonyl (C=O) groups excluding carboxylic acids is 2. The lowest BCUT2D eigenvalue weighted by molar-refractivity contribution is -0.135. The SMILES string of the molecule is NC(=O)C1C2CCC(C2)C1C(=O)NCC#CCN1CCN(c2nsc3ccccc23)CC1. The zero-order valence-corrected chi connectivity index (χ0v) is 18.9. The summed E-state index contributed by atoms with van der Waals surface area (Å²) in [6.07, 6.45) is 3.01. The van der Waals surface area contributed by atoms with Crippen LogP contribution in [0.15, 0.2) is 24.3 Å². The van der Waals surface area contributed by atoms with E-state index in [-0.39, 0.29) is 23.7 Å². The molecule has 2 saturated carbocycles. The highest BCUT2D eigenvalue weighted by Gasteiger charge is 2.53. The molecule has 4 unspecified atom stereocenters. The molecule has 3 aliphatic rings. The minimum atomic E-state index is -0.326. The number of benzene rings is 1. The Hall–Kier alpha value is -2.63. The highest BCUT2D eigenvalue weighted by molar-refractivity contribution is 7.13. The Labute approximate surface area is 192 Å². The van der Waals surface area contributed by atoms with E-state index in [1.807, 2.05) is 0 Å². The summed E-state index contributed by atoms with van der Waals surface area (Å²) in [6, 6.07) is 8.38. The summed E-state index contributed by atoms with van der Waals surface area (Å²) in [5.74, 6) is 7.00. The fraction of sp³-hybridized carbons (Fsp3) is 0.542. The highest BCUT2D eigenvalue weighted by Crippen LogP contribution is 2.52. The maximum absolute atomic E-state index is 12.6. The Morgan fingerprint density at radius 3 is 2.62 bits per heavy atom. The molecule has 3 fully saturated rings. The van der Waals surface area contributed by atoms with Crippen molar-refractivity contribution < 1.29 is 9.59 Å². The molecule has 1 aromatic carbocycles. The largest absolute Gasteiger partial charge is 0.369 e. The first-order valence-corrected chi connectivity index (χ1v) is 12.2. The number of nitrogens with one attached hydrogen (secondary N) is 1. The molecule has 8 heteroatoms. The number of aromatic nitrogens is 1. The van der Waals surface area contributed by atoms with Gasteiger partial charge in [-0.1, -0.05) is 24.0 Å². The van der Waals surface area contributed by atoms with Crippen LogP contribution in [0, 0.1) is 35.5 Å². The number of amides is 2. The number of carbonyl (C=O) groups is 2. The predicted octanol–water partition coefficient (Wildman–Crippen LogP) is 1.69. The van der Waals surface area contributed by atoms with Crippen LogP contribution in [0.25, 0.3) is 10.1 Å². The Kier molecular flexibility index (Phi) is 6.03. The molecule has 2 heterocycles. The van der Waals surface area contributed by atoms with Gasteiger partial charge >= 0.3 is 0 Å². The second-order valence-electron chi connectivity index (χ2n) is 9.12. The van der Waals surface area contributed by atoms with E-state index in [1.165, 1.54) is 10.1 Å². The molecule has 5 rings (SSSR count). The van der Waals surface area contributed by atoms with Gasteiger partial charge in [0.2, 0.25) is 11.8 Å². The van der Waals surface area contributed by atoms with Gasteiger partial charge in [0, 0.05) is 31.6 Å². The van der Waals surface area contributed by atoms with Crippen LogP contribution in [-0.4, -0.2) is 60.4 Å². The number of fused-ring (bicyclic) bond motifs is 3. The van der Waals surface area contributed by atoms with Gasteiger partial charge in [-0.25, -0.2) is 0 Å². The lowest BCUT2D eigenvalue weighted by Gasteiger charge is -2.34. The third-order valence-electron chi connectivity index (χ3n) is 7.36. The Balaban J connectivity index is 1.07. The molecular formula is C24H29N5O2S. The van der Waals surface area contributed by atoms with Crippen LogP contribution in [0.3, 0.4) is 0 Å². The molecule has 2 aromatic rings. The van der Waals surface area contributed by atoms with Crippen LogP contribution < -0.4 is 16.0 Å². The van der Waals surface area contributed by atoms with Gasteiger partial charge in [0.1, 0.15) is 5.82 Å². The molecule has 32 heavy (non-hydrogen) atoms. The Morgan fingerprint density at radius 2 is 1.84 bits per heavy atom. The summed E-state index contributed by atoms with van der Waals surface area (Å²) in [6.45, 7) is 4.77. The van der Waals surface area contributed by atoms with E-state index in [1.54, 1.807) is 11.5 Å². The van der Waals surface area contributed by atoms with E-state index < -0.39 is 0 Å². The fourth-order valence-corrected chi connectivity index (χ4v) is 6.57. The number of rotatable bonds is 5. The molecule has 2 bridgehead atoms. The molecule has 0 radical (unpaired) electrons. The van der Waals surface area contributed by atoms with Crippen molar-refractivity contribution in [2.24, 2.45) is 29.4 Å². The van der Waals surface area contributed by atoms with E-state index in [0.717, 1.165) is 51.3 Å². The first kappa shape index (κ1) is 21.2. The molecule has 2 aliphatic carbocycles. The average molecular weight is 452 g/mol. The monoisotopic (exact) mass is 451 g/mol. The van der Waals surface area contributed by atoms with E-state index in [2.05, 4.69) is 55.6 Å². The van der Waals surface area contributed by atoms with Crippen LogP contribution in [0.4, 0.5) is 5.82 Å². The molecule has 1 aromatic heterocycles. The molecule has 7 nitrogen and oxygen atoms in total. The smallest absolute Gasteiger partial charge is 0.224 e. The van der Waals surface area contributed by atoms with Crippen LogP contribution in [0.1, 0.15) is 19.3 Å². The van der Waals surface area contributed by atoms with Crippen LogP contribution in [0.5, 0.6) is 0 Å². The van der Waals surface area contributed by atoms with E-state index in [4.69, 9.17) is 5.73 Å². The van der Waals surface area contributed by atoms with Crippen LogP contribution >= 0.6 is 11.5 Å². The summed E-state index contributed by atoms with van der Waals surface area (Å²) in [7, 11) is 0. The maximum Gasteiger partial charge on any atom is 0.224 e. The van der Waals surface area contributed by atoms with Crippen molar-refractivity contribution in [1.82, 2.24) is 14.6 Å². The van der Waals surface area contributed by atoms with Gasteiger partial charge in [0.05, 0.1) is 29.6 Å². The van der Waals surface area contributed by atoms with Gasteiger partial charge in [-0.05, 0) is 54.8 Å². The minimum absolute atomic E-state index is 0.0561. The Bertz CT molecular complexity index is 1070. The number of primary amides is 1. The second kappa shape index (κ2) is 9.08. The van der Waals surface area contributed by atoms with Crippen molar-refractivity contribution in [3.63, 3.8) is 0 Å². The van der Waals surface area contributed by atoms with Crippen LogP contribution in [0.2, 0.25) is 0 Å². The summed E-state index contributed by atoms with van der Waals surface area (Å²) in [4.78, 5) is 29.2. The highest BCUT2D eigenvalue weighted by atomic mass is 32.1. The quantitative estimate of drug-likeness (QED) is 0.675. The van der Waals surface area contributed by atoms with Crippen molar-refractivity contribution in [3.05, 3.63) is 24.3 Å². The van der Waals surface area contributed by atoms with Gasteiger partial charge < -0.3 is 16.0 Å². The first-order valence-electron chi connectivity index (χ1n) is 11.5. The molecule has 3 N–H and O–H groups in total. The van der Waals surface area contributed by atoms with Crippen molar-refractivity contribution in [2.45, 2.75) is 19.3 Å². The minimum Gasteiger partial charge on any atom is -0.369 e. The van der Waals surface area contributed by atoms with E-state index >= 15 is 0 Å². The summed E-state index contributed by atoms with van der Waals surface area (Å²) in [5.41, 5.74) is 5.58. The normalized spacial score (nSPS) is 27.3. The molecule has 1 aliphatic heterocycles. The van der Waals surface area contributed by atoms with Gasteiger partial charge in [0.15, 0.2) is 0 Å². The molecule has 1 saturated heterocycles. The summed E-state index contributed by atoms with van der Waals surface area (Å²) < 4.78 is 5.89. The number of hydrogen-bond acceptors (Lipinski definition) is 6. The predicted molar refractivity (Wildman–Crippen MR) is 126 cm³/mol. The van der Waals surface area contributed by atoms with Gasteiger partial charge in [-0.2, -0.15) is 4.37 Å². The van der Waals surface area contributed by atoms with Crippen molar-refractivity contribution in [1.29, 1.82) is 0 Å². The topological polar surface area (TPSA) is 91.6 Å². The van der Waals surface area contributed by atoms with Crippen molar-refractivity contribution in [2.75, 3.05) is 44.2 Å². The zero-order chi connectivity index (χ0) is 22.1. The molecule has 2 amide bonds. The van der Waals surface area contributed by atoms with Gasteiger partial charge in [-0.3, -0.25) is 14.5 Å². The number of nitrogens with zero attached hydrogens (tertiary/aromatic N) is 3. The summed E-state index contributed by atoms with van der Waals surface area (Å²) in [5, 5.41) is 4.15. The lowest BCUT2D eigenvalue weighted by atomic mass is 9.78. The third kappa shape index (κ3) is 4.07. The van der Waals surface area contributed by atoms with Gasteiger partial charge in [0.25, 0.3) is 0 Å². The number of nitrogens with two attached hydrogens (primary N) is 1.